The number of halogens is 1. The molecule has 148 valence electrons. The number of nitrogens with one attached hydrogen (secondary N) is 2. The molecule has 0 aliphatic carbocycles. The van der Waals surface area contributed by atoms with Crippen molar-refractivity contribution in [1.82, 2.24) is 10.2 Å². The third kappa shape index (κ3) is 6.66. The fourth-order valence-electron chi connectivity index (χ4n) is 3.37. The summed E-state index contributed by atoms with van der Waals surface area (Å²) in [5, 5.41) is 6.74. The van der Waals surface area contributed by atoms with E-state index in [4.69, 9.17) is 11.6 Å². The molecule has 0 saturated carbocycles. The van der Waals surface area contributed by atoms with Crippen molar-refractivity contribution in [3.05, 3.63) is 65.2 Å². The molecule has 0 aromatic heterocycles. The monoisotopic (exact) mass is 399 g/mol. The van der Waals surface area contributed by atoms with E-state index in [-0.39, 0.29) is 17.9 Å². The van der Waals surface area contributed by atoms with Crippen molar-refractivity contribution in [2.45, 2.75) is 31.7 Å². The molecule has 3 rings (SSSR count). The highest BCUT2D eigenvalue weighted by Crippen LogP contribution is 2.13. The number of aryl methyl sites for hydroxylation is 1. The van der Waals surface area contributed by atoms with Crippen molar-refractivity contribution in [3.63, 3.8) is 0 Å². The maximum Gasteiger partial charge on any atom is 0.238 e. The smallest absolute Gasteiger partial charge is 0.238 e. The number of carbonyl (C=O) groups is 2. The van der Waals surface area contributed by atoms with Crippen molar-refractivity contribution in [2.24, 2.45) is 0 Å². The minimum atomic E-state index is -0.00310. The first kappa shape index (κ1) is 20.4. The van der Waals surface area contributed by atoms with E-state index in [9.17, 15) is 9.59 Å². The molecule has 2 aromatic rings. The number of nitrogens with zero attached hydrogens (tertiary/aromatic N) is 1. The lowest BCUT2D eigenvalue weighted by atomic mass is 10.0. The summed E-state index contributed by atoms with van der Waals surface area (Å²) in [4.78, 5) is 26.5. The molecule has 0 unspecified atom stereocenters. The minimum absolute atomic E-state index is 0.00310. The Morgan fingerprint density at radius 1 is 0.964 bits per heavy atom. The summed E-state index contributed by atoms with van der Waals surface area (Å²) >= 11 is 5.88. The number of hydrogen-bond donors (Lipinski definition) is 2. The predicted molar refractivity (Wildman–Crippen MR) is 112 cm³/mol. The standard InChI is InChI=1S/C22H26ClN3O2/c23-18-9-6-17(7-10-18)8-11-21(27)24-20-12-14-26(15-13-20)16-22(28)25-19-4-2-1-3-5-19/h1-7,9-10,20H,8,11-16H2,(H,24,27)(H,25,28). The van der Waals surface area contributed by atoms with Gasteiger partial charge in [0, 0.05) is 36.3 Å². The Kier molecular flexibility index (Phi) is 7.46. The number of hydrogen-bond acceptors (Lipinski definition) is 3. The molecule has 1 heterocycles. The van der Waals surface area contributed by atoms with Crippen LogP contribution >= 0.6 is 11.6 Å². The SMILES string of the molecule is O=C(CN1CCC(NC(=O)CCc2ccc(Cl)cc2)CC1)Nc1ccccc1. The van der Waals surface area contributed by atoms with Crippen LogP contribution in [0.25, 0.3) is 0 Å². The van der Waals surface area contributed by atoms with Crippen molar-refractivity contribution in [1.29, 1.82) is 0 Å². The first-order chi connectivity index (χ1) is 13.6. The number of benzene rings is 2. The van der Waals surface area contributed by atoms with Crippen LogP contribution in [0.3, 0.4) is 0 Å². The fraction of sp³-hybridized carbons (Fsp3) is 0.364. The zero-order valence-electron chi connectivity index (χ0n) is 15.9. The Morgan fingerprint density at radius 2 is 1.64 bits per heavy atom. The molecule has 0 atom stereocenters. The van der Waals surface area contributed by atoms with Gasteiger partial charge >= 0.3 is 0 Å². The highest BCUT2D eigenvalue weighted by Gasteiger charge is 2.22. The lowest BCUT2D eigenvalue weighted by molar-refractivity contribution is -0.122. The average molecular weight is 400 g/mol. The number of para-hydroxylation sites is 1. The van der Waals surface area contributed by atoms with Crippen LogP contribution in [-0.2, 0) is 16.0 Å². The van der Waals surface area contributed by atoms with E-state index in [2.05, 4.69) is 15.5 Å². The van der Waals surface area contributed by atoms with Gasteiger partial charge in [0.15, 0.2) is 0 Å². The quantitative estimate of drug-likeness (QED) is 0.749. The van der Waals surface area contributed by atoms with Crippen LogP contribution in [0.2, 0.25) is 5.02 Å². The van der Waals surface area contributed by atoms with Crippen LogP contribution in [0.1, 0.15) is 24.8 Å². The normalized spacial score (nSPS) is 15.2. The van der Waals surface area contributed by atoms with Gasteiger partial charge < -0.3 is 10.6 Å². The molecule has 0 bridgehead atoms. The largest absolute Gasteiger partial charge is 0.353 e. The summed E-state index contributed by atoms with van der Waals surface area (Å²) in [5.41, 5.74) is 1.93. The van der Waals surface area contributed by atoms with Crippen molar-refractivity contribution in [3.8, 4) is 0 Å². The number of amides is 2. The van der Waals surface area contributed by atoms with Gasteiger partial charge in [-0.05, 0) is 49.1 Å². The van der Waals surface area contributed by atoms with E-state index in [1.54, 1.807) is 0 Å². The van der Waals surface area contributed by atoms with E-state index in [0.29, 0.717) is 24.4 Å². The third-order valence-corrected chi connectivity index (χ3v) is 5.18. The van der Waals surface area contributed by atoms with Gasteiger partial charge in [-0.1, -0.05) is 41.9 Å². The second kappa shape index (κ2) is 10.2. The Balaban J connectivity index is 1.33. The Bertz CT molecular complexity index is 772. The summed E-state index contributed by atoms with van der Waals surface area (Å²) in [5.74, 6) is 0.0758. The van der Waals surface area contributed by atoms with Crippen molar-refractivity contribution >= 4 is 29.1 Å². The van der Waals surface area contributed by atoms with Gasteiger partial charge in [-0.3, -0.25) is 14.5 Å². The second-order valence-electron chi connectivity index (χ2n) is 7.16. The maximum atomic E-state index is 12.2. The second-order valence-corrected chi connectivity index (χ2v) is 7.60. The topological polar surface area (TPSA) is 61.4 Å². The Labute approximate surface area is 171 Å². The van der Waals surface area contributed by atoms with E-state index in [0.717, 1.165) is 37.2 Å². The lowest BCUT2D eigenvalue weighted by Gasteiger charge is -2.31. The average Bonchev–Trinajstić information content (AvgIpc) is 2.70. The molecule has 2 aromatic carbocycles. The van der Waals surface area contributed by atoms with Gasteiger partial charge in [-0.25, -0.2) is 0 Å². The van der Waals surface area contributed by atoms with Gasteiger partial charge in [-0.15, -0.1) is 0 Å². The molecule has 6 heteroatoms. The molecule has 1 aliphatic rings. The number of likely N-dealkylation sites (tertiary alicyclic amines) is 1. The molecule has 1 fully saturated rings. The van der Waals surface area contributed by atoms with Crippen LogP contribution in [0.15, 0.2) is 54.6 Å². The molecule has 0 radical (unpaired) electrons. The Hall–Kier alpha value is -2.37. The van der Waals surface area contributed by atoms with Crippen LogP contribution in [0.5, 0.6) is 0 Å². The molecule has 1 saturated heterocycles. The maximum absolute atomic E-state index is 12.2. The number of piperidine rings is 1. The van der Waals surface area contributed by atoms with E-state index in [1.807, 2.05) is 54.6 Å². The Morgan fingerprint density at radius 3 is 2.32 bits per heavy atom. The zero-order chi connectivity index (χ0) is 19.8. The molecule has 28 heavy (non-hydrogen) atoms. The third-order valence-electron chi connectivity index (χ3n) is 4.93. The minimum Gasteiger partial charge on any atom is -0.353 e. The summed E-state index contributed by atoms with van der Waals surface area (Å²) in [6.45, 7) is 2.00. The fourth-order valence-corrected chi connectivity index (χ4v) is 3.50. The molecule has 5 nitrogen and oxygen atoms in total. The van der Waals surface area contributed by atoms with E-state index < -0.39 is 0 Å². The van der Waals surface area contributed by atoms with E-state index >= 15 is 0 Å². The molecule has 1 aliphatic heterocycles. The van der Waals surface area contributed by atoms with Crippen molar-refractivity contribution in [2.75, 3.05) is 25.0 Å². The van der Waals surface area contributed by atoms with Gasteiger partial charge in [0.2, 0.25) is 11.8 Å². The zero-order valence-corrected chi connectivity index (χ0v) is 16.6. The summed E-state index contributed by atoms with van der Waals surface area (Å²) < 4.78 is 0. The number of anilines is 1. The first-order valence-corrected chi connectivity index (χ1v) is 10.1. The van der Waals surface area contributed by atoms with Crippen LogP contribution in [0, 0.1) is 0 Å². The van der Waals surface area contributed by atoms with Gasteiger partial charge in [-0.2, -0.15) is 0 Å². The van der Waals surface area contributed by atoms with E-state index in [1.165, 1.54) is 0 Å². The highest BCUT2D eigenvalue weighted by molar-refractivity contribution is 6.30. The highest BCUT2D eigenvalue weighted by atomic mass is 35.5. The summed E-state index contributed by atoms with van der Waals surface area (Å²) in [6.07, 6.45) is 2.92. The molecule has 0 spiro atoms. The molecular weight excluding hydrogens is 374 g/mol. The molecular formula is C22H26ClN3O2. The van der Waals surface area contributed by atoms with Crippen LogP contribution in [0.4, 0.5) is 5.69 Å². The lowest BCUT2D eigenvalue weighted by Crippen LogP contribution is -2.46. The molecule has 2 N–H and O–H groups in total. The van der Waals surface area contributed by atoms with Gasteiger partial charge in [0.25, 0.3) is 0 Å². The molecule has 2 amide bonds. The summed E-state index contributed by atoms with van der Waals surface area (Å²) in [6, 6.07) is 17.3. The number of rotatable bonds is 7. The number of carbonyl (C=O) groups excluding carboxylic acids is 2. The van der Waals surface area contributed by atoms with Gasteiger partial charge in [0.05, 0.1) is 6.54 Å². The van der Waals surface area contributed by atoms with Crippen LogP contribution in [-0.4, -0.2) is 42.4 Å². The van der Waals surface area contributed by atoms with Crippen molar-refractivity contribution < 1.29 is 9.59 Å². The summed E-state index contributed by atoms with van der Waals surface area (Å²) in [7, 11) is 0. The predicted octanol–water partition coefficient (Wildman–Crippen LogP) is 3.49. The van der Waals surface area contributed by atoms with Gasteiger partial charge in [0.1, 0.15) is 0 Å². The van der Waals surface area contributed by atoms with Crippen LogP contribution < -0.4 is 10.6 Å². The first-order valence-electron chi connectivity index (χ1n) is 9.69.